The van der Waals surface area contributed by atoms with Crippen molar-refractivity contribution >= 4 is 23.1 Å². The Bertz CT molecular complexity index is 1110. The predicted octanol–water partition coefficient (Wildman–Crippen LogP) is 4.30. The van der Waals surface area contributed by atoms with Crippen molar-refractivity contribution in [1.29, 1.82) is 0 Å². The molecular formula is C23H23FN4O2. The number of halogens is 1. The molecule has 6 nitrogen and oxygen atoms in total. The lowest BCUT2D eigenvalue weighted by Gasteiger charge is -2.12. The van der Waals surface area contributed by atoms with Crippen LogP contribution in [0.2, 0.25) is 0 Å². The fraction of sp³-hybridized carbons (Fsp3) is 0.261. The van der Waals surface area contributed by atoms with Crippen LogP contribution in [0.1, 0.15) is 31.2 Å². The number of carbonyl (C=O) groups excluding carboxylic acids is 1. The van der Waals surface area contributed by atoms with E-state index >= 15 is 0 Å². The van der Waals surface area contributed by atoms with Crippen molar-refractivity contribution in [3.63, 3.8) is 0 Å². The summed E-state index contributed by atoms with van der Waals surface area (Å²) < 4.78 is 14.7. The standard InChI is InChI=1S/C23H23FN4O2/c24-18-8-4-10-20(14-18)25-21-11-12-22(29)28(27-21)15-16-5-3-9-19(13-16)26-23(30)17-6-1-2-7-17/h3-5,8-14,17H,1-2,6-7,15H2,(H,25,27)(H,26,30). The summed E-state index contributed by atoms with van der Waals surface area (Å²) in [5.74, 6) is 0.223. The Kier molecular flexibility index (Phi) is 5.88. The molecule has 1 amide bonds. The van der Waals surface area contributed by atoms with Gasteiger partial charge in [0.25, 0.3) is 5.56 Å². The van der Waals surface area contributed by atoms with Crippen LogP contribution in [0.25, 0.3) is 0 Å². The molecular weight excluding hydrogens is 383 g/mol. The van der Waals surface area contributed by atoms with E-state index in [1.54, 1.807) is 18.2 Å². The van der Waals surface area contributed by atoms with E-state index in [1.807, 2.05) is 24.3 Å². The molecule has 30 heavy (non-hydrogen) atoms. The van der Waals surface area contributed by atoms with Crippen LogP contribution < -0.4 is 16.2 Å². The van der Waals surface area contributed by atoms with E-state index in [4.69, 9.17) is 0 Å². The summed E-state index contributed by atoms with van der Waals surface area (Å²) in [5, 5.41) is 10.3. The van der Waals surface area contributed by atoms with E-state index in [0.29, 0.717) is 17.2 Å². The van der Waals surface area contributed by atoms with Gasteiger partial charge in [0.1, 0.15) is 5.82 Å². The Balaban J connectivity index is 1.48. The van der Waals surface area contributed by atoms with E-state index in [9.17, 15) is 14.0 Å². The molecule has 1 heterocycles. The monoisotopic (exact) mass is 406 g/mol. The van der Waals surface area contributed by atoms with Gasteiger partial charge in [-0.1, -0.05) is 31.0 Å². The second-order valence-electron chi connectivity index (χ2n) is 7.52. The molecule has 1 aliphatic carbocycles. The summed E-state index contributed by atoms with van der Waals surface area (Å²) in [6.45, 7) is 0.255. The largest absolute Gasteiger partial charge is 0.339 e. The van der Waals surface area contributed by atoms with Gasteiger partial charge in [0.05, 0.1) is 6.54 Å². The van der Waals surface area contributed by atoms with Crippen LogP contribution in [0.5, 0.6) is 0 Å². The predicted molar refractivity (Wildman–Crippen MR) is 114 cm³/mol. The molecule has 1 aromatic heterocycles. The van der Waals surface area contributed by atoms with Crippen LogP contribution in [0.3, 0.4) is 0 Å². The Hall–Kier alpha value is -3.48. The minimum atomic E-state index is -0.357. The third-order valence-corrected chi connectivity index (χ3v) is 5.22. The maximum absolute atomic E-state index is 13.4. The highest BCUT2D eigenvalue weighted by Gasteiger charge is 2.22. The zero-order chi connectivity index (χ0) is 20.9. The molecule has 0 spiro atoms. The first-order chi connectivity index (χ1) is 14.6. The minimum Gasteiger partial charge on any atom is -0.339 e. The summed E-state index contributed by atoms with van der Waals surface area (Å²) in [6, 6.07) is 16.4. The van der Waals surface area contributed by atoms with Gasteiger partial charge in [0, 0.05) is 23.4 Å². The van der Waals surface area contributed by atoms with Crippen LogP contribution in [0, 0.1) is 11.7 Å². The maximum atomic E-state index is 13.4. The number of benzene rings is 2. The molecule has 0 aliphatic heterocycles. The normalized spacial score (nSPS) is 13.9. The SMILES string of the molecule is O=C(Nc1cccc(Cn2nc(Nc3cccc(F)c3)ccc2=O)c1)C1CCCC1. The molecule has 1 saturated carbocycles. The molecule has 4 rings (SSSR count). The number of hydrogen-bond donors (Lipinski definition) is 2. The van der Waals surface area contributed by atoms with E-state index in [1.165, 1.54) is 22.9 Å². The van der Waals surface area contributed by atoms with Crippen molar-refractivity contribution in [3.8, 4) is 0 Å². The number of rotatable bonds is 6. The third kappa shape index (κ3) is 4.92. The summed E-state index contributed by atoms with van der Waals surface area (Å²) in [4.78, 5) is 24.6. The highest BCUT2D eigenvalue weighted by Crippen LogP contribution is 2.26. The first kappa shape index (κ1) is 19.8. The highest BCUT2D eigenvalue weighted by molar-refractivity contribution is 5.92. The summed E-state index contributed by atoms with van der Waals surface area (Å²) in [5.41, 5.74) is 1.85. The van der Waals surface area contributed by atoms with Crippen molar-refractivity contribution in [2.45, 2.75) is 32.2 Å². The lowest BCUT2D eigenvalue weighted by molar-refractivity contribution is -0.119. The highest BCUT2D eigenvalue weighted by atomic mass is 19.1. The Labute approximate surface area is 173 Å². The van der Waals surface area contributed by atoms with Gasteiger partial charge in [-0.25, -0.2) is 9.07 Å². The first-order valence-electron chi connectivity index (χ1n) is 10.1. The van der Waals surface area contributed by atoms with Crippen LogP contribution in [-0.2, 0) is 11.3 Å². The first-order valence-corrected chi connectivity index (χ1v) is 10.1. The van der Waals surface area contributed by atoms with Crippen molar-refractivity contribution in [2.75, 3.05) is 10.6 Å². The van der Waals surface area contributed by atoms with Crippen LogP contribution >= 0.6 is 0 Å². The minimum absolute atomic E-state index is 0.0567. The number of anilines is 3. The number of nitrogens with zero attached hydrogens (tertiary/aromatic N) is 2. The molecule has 0 saturated heterocycles. The molecule has 1 fully saturated rings. The molecule has 2 aromatic carbocycles. The van der Waals surface area contributed by atoms with Gasteiger partial charge in [0.2, 0.25) is 5.91 Å². The molecule has 3 aromatic rings. The number of amides is 1. The lowest BCUT2D eigenvalue weighted by atomic mass is 10.1. The molecule has 1 aliphatic rings. The van der Waals surface area contributed by atoms with Gasteiger partial charge in [-0.3, -0.25) is 9.59 Å². The fourth-order valence-corrected chi connectivity index (χ4v) is 3.70. The average molecular weight is 406 g/mol. The van der Waals surface area contributed by atoms with E-state index in [2.05, 4.69) is 15.7 Å². The quantitative estimate of drug-likeness (QED) is 0.640. The van der Waals surface area contributed by atoms with Gasteiger partial charge in [0.15, 0.2) is 5.82 Å². The molecule has 0 radical (unpaired) electrons. The topological polar surface area (TPSA) is 76.0 Å². The van der Waals surface area contributed by atoms with Crippen molar-refractivity contribution in [2.24, 2.45) is 5.92 Å². The fourth-order valence-electron chi connectivity index (χ4n) is 3.70. The molecule has 7 heteroatoms. The molecule has 154 valence electrons. The second-order valence-corrected chi connectivity index (χ2v) is 7.52. The van der Waals surface area contributed by atoms with E-state index in [-0.39, 0.29) is 29.7 Å². The zero-order valence-electron chi connectivity index (χ0n) is 16.5. The van der Waals surface area contributed by atoms with Gasteiger partial charge < -0.3 is 10.6 Å². The van der Waals surface area contributed by atoms with Crippen LogP contribution in [0.4, 0.5) is 21.6 Å². The van der Waals surface area contributed by atoms with Crippen LogP contribution in [-0.4, -0.2) is 15.7 Å². The number of hydrogen-bond acceptors (Lipinski definition) is 4. The Morgan fingerprint density at radius 1 is 1.03 bits per heavy atom. The third-order valence-electron chi connectivity index (χ3n) is 5.22. The average Bonchev–Trinajstić information content (AvgIpc) is 3.26. The number of aromatic nitrogens is 2. The summed E-state index contributed by atoms with van der Waals surface area (Å²) in [7, 11) is 0. The van der Waals surface area contributed by atoms with Gasteiger partial charge in [-0.15, -0.1) is 0 Å². The number of nitrogens with one attached hydrogen (secondary N) is 2. The van der Waals surface area contributed by atoms with Gasteiger partial charge in [-0.2, -0.15) is 5.10 Å². The number of carbonyl (C=O) groups is 1. The van der Waals surface area contributed by atoms with E-state index in [0.717, 1.165) is 31.2 Å². The Morgan fingerprint density at radius 2 is 1.80 bits per heavy atom. The van der Waals surface area contributed by atoms with Crippen molar-refractivity contribution in [1.82, 2.24) is 9.78 Å². The second kappa shape index (κ2) is 8.90. The summed E-state index contributed by atoms with van der Waals surface area (Å²) in [6.07, 6.45) is 4.09. The van der Waals surface area contributed by atoms with Gasteiger partial charge >= 0.3 is 0 Å². The molecule has 0 atom stereocenters. The molecule has 0 unspecified atom stereocenters. The smallest absolute Gasteiger partial charge is 0.267 e. The van der Waals surface area contributed by atoms with Gasteiger partial charge in [-0.05, 0) is 54.8 Å². The van der Waals surface area contributed by atoms with Crippen molar-refractivity contribution in [3.05, 3.63) is 82.4 Å². The Morgan fingerprint density at radius 3 is 2.60 bits per heavy atom. The molecule has 2 N–H and O–H groups in total. The maximum Gasteiger partial charge on any atom is 0.267 e. The van der Waals surface area contributed by atoms with E-state index < -0.39 is 0 Å². The molecule has 0 bridgehead atoms. The lowest BCUT2D eigenvalue weighted by Crippen LogP contribution is -2.23. The van der Waals surface area contributed by atoms with Crippen molar-refractivity contribution < 1.29 is 9.18 Å². The summed E-state index contributed by atoms with van der Waals surface area (Å²) >= 11 is 0. The van der Waals surface area contributed by atoms with Crippen LogP contribution in [0.15, 0.2) is 65.5 Å². The zero-order valence-corrected chi connectivity index (χ0v) is 16.5.